The van der Waals surface area contributed by atoms with Crippen LogP contribution < -0.4 is 5.32 Å². The number of pyridine rings is 1. The highest BCUT2D eigenvalue weighted by Gasteiger charge is 2.15. The smallest absolute Gasteiger partial charge is 0.0451 e. The van der Waals surface area contributed by atoms with E-state index in [9.17, 15) is 0 Å². The van der Waals surface area contributed by atoms with Crippen LogP contribution in [-0.4, -0.2) is 11.5 Å². The lowest BCUT2D eigenvalue weighted by Crippen LogP contribution is -2.24. The van der Waals surface area contributed by atoms with Crippen LogP contribution in [0.25, 0.3) is 0 Å². The molecule has 1 aromatic heterocycles. The van der Waals surface area contributed by atoms with Gasteiger partial charge in [0.1, 0.15) is 0 Å². The van der Waals surface area contributed by atoms with Gasteiger partial charge in [-0.3, -0.25) is 4.98 Å². The van der Waals surface area contributed by atoms with Gasteiger partial charge in [-0.2, -0.15) is 0 Å². The quantitative estimate of drug-likeness (QED) is 0.880. The van der Waals surface area contributed by atoms with E-state index in [0.717, 1.165) is 23.1 Å². The first kappa shape index (κ1) is 15.2. The fourth-order valence-electron chi connectivity index (χ4n) is 2.38. The van der Waals surface area contributed by atoms with Gasteiger partial charge in [-0.1, -0.05) is 41.1 Å². The maximum Gasteiger partial charge on any atom is 0.0451 e. The number of benzene rings is 1. The fraction of sp³-hybridized carbons (Fsp3) is 0.353. The van der Waals surface area contributed by atoms with E-state index in [1.165, 1.54) is 16.7 Å². The molecule has 0 saturated carbocycles. The van der Waals surface area contributed by atoms with E-state index in [4.69, 9.17) is 0 Å². The predicted molar refractivity (Wildman–Crippen MR) is 88.0 cm³/mol. The molecule has 0 bridgehead atoms. The summed E-state index contributed by atoms with van der Waals surface area (Å²) in [4.78, 5) is 4.52. The average Bonchev–Trinajstić information content (AvgIpc) is 2.41. The van der Waals surface area contributed by atoms with Gasteiger partial charge < -0.3 is 5.32 Å². The molecule has 2 rings (SSSR count). The van der Waals surface area contributed by atoms with Crippen LogP contribution in [0.2, 0.25) is 0 Å². The molecular weight excluding hydrogens is 312 g/mol. The molecule has 106 valence electrons. The summed E-state index contributed by atoms with van der Waals surface area (Å²) in [7, 11) is 0. The second kappa shape index (κ2) is 7.00. The topological polar surface area (TPSA) is 24.9 Å². The molecule has 20 heavy (non-hydrogen) atoms. The Kier molecular flexibility index (Phi) is 5.32. The summed E-state index contributed by atoms with van der Waals surface area (Å²) < 4.78 is 1.16. The second-order valence-electron chi connectivity index (χ2n) is 5.11. The van der Waals surface area contributed by atoms with Crippen molar-refractivity contribution in [3.63, 3.8) is 0 Å². The third-order valence-electron chi connectivity index (χ3n) is 3.50. The van der Waals surface area contributed by atoms with Crippen molar-refractivity contribution in [2.24, 2.45) is 0 Å². The Morgan fingerprint density at radius 3 is 2.70 bits per heavy atom. The van der Waals surface area contributed by atoms with E-state index >= 15 is 0 Å². The van der Waals surface area contributed by atoms with Gasteiger partial charge in [-0.15, -0.1) is 0 Å². The van der Waals surface area contributed by atoms with Gasteiger partial charge in [0.15, 0.2) is 0 Å². The van der Waals surface area contributed by atoms with Crippen molar-refractivity contribution in [3.8, 4) is 0 Å². The zero-order valence-electron chi connectivity index (χ0n) is 12.3. The Bertz CT molecular complexity index is 581. The molecule has 1 N–H and O–H groups in total. The maximum absolute atomic E-state index is 4.52. The SMILES string of the molecule is CCNC(Cc1ncccc1C)c1ccc(C)cc1Br. The molecule has 0 fully saturated rings. The van der Waals surface area contributed by atoms with Crippen molar-refractivity contribution in [1.82, 2.24) is 10.3 Å². The van der Waals surface area contributed by atoms with E-state index in [2.05, 4.69) is 71.3 Å². The number of likely N-dealkylation sites (N-methyl/N-ethyl adjacent to an activating group) is 1. The molecule has 1 atom stereocenters. The average molecular weight is 333 g/mol. The molecule has 0 radical (unpaired) electrons. The monoisotopic (exact) mass is 332 g/mol. The summed E-state index contributed by atoms with van der Waals surface area (Å²) in [6.45, 7) is 7.31. The molecule has 0 amide bonds. The number of nitrogens with one attached hydrogen (secondary N) is 1. The van der Waals surface area contributed by atoms with Crippen LogP contribution in [0, 0.1) is 13.8 Å². The van der Waals surface area contributed by atoms with Gasteiger partial charge in [0.25, 0.3) is 0 Å². The number of aryl methyl sites for hydroxylation is 2. The molecule has 2 aromatic rings. The first-order chi connectivity index (χ1) is 9.61. The van der Waals surface area contributed by atoms with Crippen molar-refractivity contribution < 1.29 is 0 Å². The van der Waals surface area contributed by atoms with E-state index in [1.54, 1.807) is 0 Å². The molecular formula is C17H21BrN2. The summed E-state index contributed by atoms with van der Waals surface area (Å²) in [5.41, 5.74) is 4.97. The van der Waals surface area contributed by atoms with Crippen LogP contribution in [0.15, 0.2) is 41.0 Å². The minimum atomic E-state index is 0.281. The summed E-state index contributed by atoms with van der Waals surface area (Å²) >= 11 is 3.69. The van der Waals surface area contributed by atoms with E-state index in [1.807, 2.05) is 12.3 Å². The van der Waals surface area contributed by atoms with Crippen molar-refractivity contribution in [3.05, 3.63) is 63.4 Å². The molecule has 0 aliphatic rings. The maximum atomic E-state index is 4.52. The first-order valence-electron chi connectivity index (χ1n) is 7.01. The van der Waals surface area contributed by atoms with E-state index < -0.39 is 0 Å². The minimum Gasteiger partial charge on any atom is -0.310 e. The molecule has 1 unspecified atom stereocenters. The van der Waals surface area contributed by atoms with Crippen LogP contribution in [0.5, 0.6) is 0 Å². The zero-order valence-corrected chi connectivity index (χ0v) is 13.9. The standard InChI is InChI=1S/C17H21BrN2/c1-4-19-17(11-16-13(3)6-5-9-20-16)14-8-7-12(2)10-15(14)18/h5-10,17,19H,4,11H2,1-3H3. The van der Waals surface area contributed by atoms with Crippen molar-refractivity contribution >= 4 is 15.9 Å². The third-order valence-corrected chi connectivity index (χ3v) is 4.18. The molecule has 1 aromatic carbocycles. The number of halogens is 1. The molecule has 0 saturated heterocycles. The highest BCUT2D eigenvalue weighted by molar-refractivity contribution is 9.10. The Labute approximate surface area is 129 Å². The van der Waals surface area contributed by atoms with Gasteiger partial charge >= 0.3 is 0 Å². The molecule has 3 heteroatoms. The summed E-state index contributed by atoms with van der Waals surface area (Å²) in [6.07, 6.45) is 2.78. The number of rotatable bonds is 5. The molecule has 0 aliphatic carbocycles. The Morgan fingerprint density at radius 1 is 1.25 bits per heavy atom. The van der Waals surface area contributed by atoms with Gasteiger partial charge in [-0.05, 0) is 49.2 Å². The summed E-state index contributed by atoms with van der Waals surface area (Å²) in [5, 5.41) is 3.56. The van der Waals surface area contributed by atoms with Crippen LogP contribution in [0.1, 0.15) is 35.3 Å². The van der Waals surface area contributed by atoms with Gasteiger partial charge in [0.2, 0.25) is 0 Å². The highest BCUT2D eigenvalue weighted by atomic mass is 79.9. The largest absolute Gasteiger partial charge is 0.310 e. The van der Waals surface area contributed by atoms with Crippen molar-refractivity contribution in [1.29, 1.82) is 0 Å². The number of hydrogen-bond acceptors (Lipinski definition) is 2. The van der Waals surface area contributed by atoms with Crippen molar-refractivity contribution in [2.75, 3.05) is 6.54 Å². The zero-order chi connectivity index (χ0) is 14.5. The Morgan fingerprint density at radius 2 is 2.05 bits per heavy atom. The summed E-state index contributed by atoms with van der Waals surface area (Å²) in [6, 6.07) is 10.9. The van der Waals surface area contributed by atoms with Crippen LogP contribution in [0.4, 0.5) is 0 Å². The molecule has 0 spiro atoms. The predicted octanol–water partition coefficient (Wildman–Crippen LogP) is 4.35. The highest BCUT2D eigenvalue weighted by Crippen LogP contribution is 2.27. The molecule has 1 heterocycles. The first-order valence-corrected chi connectivity index (χ1v) is 7.81. The van der Waals surface area contributed by atoms with E-state index in [0.29, 0.717) is 0 Å². The lowest BCUT2D eigenvalue weighted by Gasteiger charge is -2.20. The van der Waals surface area contributed by atoms with Crippen LogP contribution in [0.3, 0.4) is 0 Å². The normalized spacial score (nSPS) is 12.4. The van der Waals surface area contributed by atoms with Gasteiger partial charge in [-0.25, -0.2) is 0 Å². The van der Waals surface area contributed by atoms with E-state index in [-0.39, 0.29) is 6.04 Å². The Balaban J connectivity index is 2.29. The number of aromatic nitrogens is 1. The second-order valence-corrected chi connectivity index (χ2v) is 5.96. The lowest BCUT2D eigenvalue weighted by atomic mass is 9.98. The lowest BCUT2D eigenvalue weighted by molar-refractivity contribution is 0.541. The van der Waals surface area contributed by atoms with Crippen LogP contribution >= 0.6 is 15.9 Å². The molecule has 2 nitrogen and oxygen atoms in total. The van der Waals surface area contributed by atoms with Crippen LogP contribution in [-0.2, 0) is 6.42 Å². The third kappa shape index (κ3) is 3.68. The number of hydrogen-bond donors (Lipinski definition) is 1. The number of nitrogens with zero attached hydrogens (tertiary/aromatic N) is 1. The Hall–Kier alpha value is -1.19. The van der Waals surface area contributed by atoms with Gasteiger partial charge in [0.05, 0.1) is 0 Å². The molecule has 0 aliphatic heterocycles. The van der Waals surface area contributed by atoms with Gasteiger partial charge in [0, 0.05) is 28.8 Å². The fourth-order valence-corrected chi connectivity index (χ4v) is 3.15. The summed E-state index contributed by atoms with van der Waals surface area (Å²) in [5.74, 6) is 0. The van der Waals surface area contributed by atoms with Crippen molar-refractivity contribution in [2.45, 2.75) is 33.2 Å². The minimum absolute atomic E-state index is 0.281.